The van der Waals surface area contributed by atoms with Crippen LogP contribution < -0.4 is 4.90 Å². The molecule has 0 aliphatic carbocycles. The van der Waals surface area contributed by atoms with Crippen molar-refractivity contribution >= 4 is 22.6 Å². The lowest BCUT2D eigenvalue weighted by atomic mass is 9.98. The van der Waals surface area contributed by atoms with Crippen molar-refractivity contribution < 1.29 is 18.7 Å². The van der Waals surface area contributed by atoms with E-state index in [9.17, 15) is 14.3 Å². The molecule has 0 saturated heterocycles. The average Bonchev–Trinajstić information content (AvgIpc) is 3.07. The Balaban J connectivity index is 2.03. The highest BCUT2D eigenvalue weighted by Gasteiger charge is 2.24. The first-order valence-electron chi connectivity index (χ1n) is 8.78. The molecule has 140 valence electrons. The lowest BCUT2D eigenvalue weighted by Gasteiger charge is -2.18. The first kappa shape index (κ1) is 17.8. The maximum atomic E-state index is 13.3. The average molecular weight is 375 g/mol. The molecule has 5 heteroatoms. The molecule has 0 bridgehead atoms. The molecule has 0 amide bonds. The second kappa shape index (κ2) is 6.85. The van der Waals surface area contributed by atoms with Gasteiger partial charge < -0.3 is 14.4 Å². The molecule has 4 nitrogen and oxygen atoms in total. The minimum Gasteiger partial charge on any atom is -0.478 e. The number of fused-ring (bicyclic) bond motifs is 1. The summed E-state index contributed by atoms with van der Waals surface area (Å²) < 4.78 is 19.2. The van der Waals surface area contributed by atoms with E-state index in [0.29, 0.717) is 16.5 Å². The van der Waals surface area contributed by atoms with Gasteiger partial charge in [0.25, 0.3) is 0 Å². The minimum atomic E-state index is -1.09. The number of hydrogen-bond donors (Lipinski definition) is 1. The summed E-state index contributed by atoms with van der Waals surface area (Å²) >= 11 is 0. The van der Waals surface area contributed by atoms with E-state index < -0.39 is 11.8 Å². The minimum absolute atomic E-state index is 0.0732. The van der Waals surface area contributed by atoms with Crippen molar-refractivity contribution in [3.05, 3.63) is 78.1 Å². The maximum absolute atomic E-state index is 13.3. The SMILES string of the molecule is CN(C)c1cc2oc(-c3ccc(F)cc3)c(C(=O)O)c2cc1-c1ccccc1. The van der Waals surface area contributed by atoms with Crippen LogP contribution in [0.2, 0.25) is 0 Å². The van der Waals surface area contributed by atoms with Gasteiger partial charge in [-0.25, -0.2) is 9.18 Å². The molecule has 0 aliphatic rings. The van der Waals surface area contributed by atoms with E-state index in [1.165, 1.54) is 24.3 Å². The van der Waals surface area contributed by atoms with Crippen LogP contribution in [0.15, 0.2) is 71.1 Å². The summed E-state index contributed by atoms with van der Waals surface area (Å²) in [5.74, 6) is -1.26. The van der Waals surface area contributed by atoms with Crippen LogP contribution in [0.1, 0.15) is 10.4 Å². The van der Waals surface area contributed by atoms with Gasteiger partial charge in [0.05, 0.1) is 0 Å². The standard InChI is InChI=1S/C23H18FNO3/c1-25(2)19-13-20-18(12-17(19)14-6-4-3-5-7-14)21(23(26)27)22(28-20)15-8-10-16(24)11-9-15/h3-13H,1-2H3,(H,26,27). The molecule has 0 fully saturated rings. The van der Waals surface area contributed by atoms with Gasteiger partial charge in [0.1, 0.15) is 22.7 Å². The number of furan rings is 1. The number of aromatic carboxylic acids is 1. The lowest BCUT2D eigenvalue weighted by molar-refractivity contribution is 0.0699. The molecule has 1 heterocycles. The number of carbonyl (C=O) groups is 1. The Bertz CT molecular complexity index is 1160. The number of nitrogens with zero attached hydrogens (tertiary/aromatic N) is 1. The fourth-order valence-electron chi connectivity index (χ4n) is 3.37. The Kier molecular flexibility index (Phi) is 4.35. The highest BCUT2D eigenvalue weighted by atomic mass is 19.1. The van der Waals surface area contributed by atoms with Gasteiger partial charge >= 0.3 is 5.97 Å². The molecule has 0 aliphatic heterocycles. The molecule has 0 saturated carbocycles. The molecule has 0 radical (unpaired) electrons. The summed E-state index contributed by atoms with van der Waals surface area (Å²) in [7, 11) is 3.85. The van der Waals surface area contributed by atoms with Gasteiger partial charge in [0, 0.05) is 42.4 Å². The summed E-state index contributed by atoms with van der Waals surface area (Å²) in [4.78, 5) is 14.0. The van der Waals surface area contributed by atoms with Crippen molar-refractivity contribution in [2.45, 2.75) is 0 Å². The molecule has 4 rings (SSSR count). The van der Waals surface area contributed by atoms with Gasteiger partial charge in [0.15, 0.2) is 0 Å². The van der Waals surface area contributed by atoms with E-state index in [1.807, 2.05) is 61.5 Å². The third-order valence-corrected chi connectivity index (χ3v) is 4.69. The normalized spacial score (nSPS) is 11.0. The molecule has 4 aromatic rings. The number of carboxylic acids is 1. The number of anilines is 1. The van der Waals surface area contributed by atoms with Gasteiger partial charge in [-0.05, 0) is 35.9 Å². The van der Waals surface area contributed by atoms with Crippen LogP contribution in [-0.4, -0.2) is 25.2 Å². The van der Waals surface area contributed by atoms with Crippen LogP contribution in [0.3, 0.4) is 0 Å². The van der Waals surface area contributed by atoms with E-state index >= 15 is 0 Å². The Labute approximate surface area is 161 Å². The third kappa shape index (κ3) is 3.01. The van der Waals surface area contributed by atoms with Crippen LogP contribution in [0.4, 0.5) is 10.1 Å². The summed E-state index contributed by atoms with van der Waals surface area (Å²) in [6.45, 7) is 0. The highest BCUT2D eigenvalue weighted by molar-refractivity contribution is 6.10. The zero-order valence-corrected chi connectivity index (χ0v) is 15.4. The Morgan fingerprint density at radius 1 is 0.964 bits per heavy atom. The molecular formula is C23H18FNO3. The van der Waals surface area contributed by atoms with Gasteiger partial charge in [-0.15, -0.1) is 0 Å². The van der Waals surface area contributed by atoms with Crippen LogP contribution >= 0.6 is 0 Å². The van der Waals surface area contributed by atoms with Crippen LogP contribution in [-0.2, 0) is 0 Å². The Hall–Kier alpha value is -3.60. The number of halogens is 1. The highest BCUT2D eigenvalue weighted by Crippen LogP contribution is 2.40. The molecule has 3 aromatic carbocycles. The van der Waals surface area contributed by atoms with E-state index in [4.69, 9.17) is 4.42 Å². The van der Waals surface area contributed by atoms with Crippen LogP contribution in [0.5, 0.6) is 0 Å². The Morgan fingerprint density at radius 3 is 2.25 bits per heavy atom. The maximum Gasteiger partial charge on any atom is 0.340 e. The van der Waals surface area contributed by atoms with Gasteiger partial charge in [-0.3, -0.25) is 0 Å². The van der Waals surface area contributed by atoms with Crippen molar-refractivity contribution in [1.82, 2.24) is 0 Å². The predicted octanol–water partition coefficient (Wildman–Crippen LogP) is 5.67. The molecular weight excluding hydrogens is 357 g/mol. The fraction of sp³-hybridized carbons (Fsp3) is 0.0870. The van der Waals surface area contributed by atoms with E-state index in [1.54, 1.807) is 0 Å². The van der Waals surface area contributed by atoms with Crippen LogP contribution in [0, 0.1) is 5.82 Å². The smallest absolute Gasteiger partial charge is 0.340 e. The van der Waals surface area contributed by atoms with Gasteiger partial charge in [-0.1, -0.05) is 30.3 Å². The number of benzene rings is 3. The van der Waals surface area contributed by atoms with Crippen LogP contribution in [0.25, 0.3) is 33.4 Å². The lowest BCUT2D eigenvalue weighted by Crippen LogP contribution is -2.10. The number of carboxylic acid groups (broad SMARTS) is 1. The summed E-state index contributed by atoms with van der Waals surface area (Å²) in [5, 5.41) is 10.4. The van der Waals surface area contributed by atoms with E-state index in [-0.39, 0.29) is 11.3 Å². The molecule has 1 aromatic heterocycles. The first-order valence-corrected chi connectivity index (χ1v) is 8.78. The molecule has 0 atom stereocenters. The van der Waals surface area contributed by atoms with Crippen molar-refractivity contribution in [2.75, 3.05) is 19.0 Å². The Morgan fingerprint density at radius 2 is 1.64 bits per heavy atom. The summed E-state index contributed by atoms with van der Waals surface area (Å²) in [6.07, 6.45) is 0. The molecule has 1 N–H and O–H groups in total. The first-order chi connectivity index (χ1) is 13.5. The molecule has 28 heavy (non-hydrogen) atoms. The fourth-order valence-corrected chi connectivity index (χ4v) is 3.37. The largest absolute Gasteiger partial charge is 0.478 e. The van der Waals surface area contributed by atoms with E-state index in [2.05, 4.69) is 0 Å². The monoisotopic (exact) mass is 375 g/mol. The number of rotatable bonds is 4. The zero-order chi connectivity index (χ0) is 19.8. The third-order valence-electron chi connectivity index (χ3n) is 4.69. The second-order valence-corrected chi connectivity index (χ2v) is 6.74. The van der Waals surface area contributed by atoms with Gasteiger partial charge in [-0.2, -0.15) is 0 Å². The predicted molar refractivity (Wildman–Crippen MR) is 108 cm³/mol. The zero-order valence-electron chi connectivity index (χ0n) is 15.4. The molecule has 0 spiro atoms. The topological polar surface area (TPSA) is 53.7 Å². The van der Waals surface area contributed by atoms with E-state index in [0.717, 1.165) is 16.8 Å². The van der Waals surface area contributed by atoms with Crippen molar-refractivity contribution in [3.63, 3.8) is 0 Å². The second-order valence-electron chi connectivity index (χ2n) is 6.74. The summed E-state index contributed by atoms with van der Waals surface area (Å²) in [6, 6.07) is 19.1. The van der Waals surface area contributed by atoms with Crippen molar-refractivity contribution in [2.24, 2.45) is 0 Å². The quantitative estimate of drug-likeness (QED) is 0.499. The summed E-state index contributed by atoms with van der Waals surface area (Å²) in [5.41, 5.74) is 3.86. The van der Waals surface area contributed by atoms with Crippen molar-refractivity contribution in [1.29, 1.82) is 0 Å². The molecule has 0 unspecified atom stereocenters. The van der Waals surface area contributed by atoms with Gasteiger partial charge in [0.2, 0.25) is 0 Å². The van der Waals surface area contributed by atoms with Crippen molar-refractivity contribution in [3.8, 4) is 22.5 Å². The number of hydrogen-bond acceptors (Lipinski definition) is 3.